The summed E-state index contributed by atoms with van der Waals surface area (Å²) in [4.78, 5) is 23.3. The SMILES string of the molecule is CCN(CCBr)C(=O)c1cc(F)c(F)cc1[N+](=O)[O-]. The molecule has 8 heteroatoms. The van der Waals surface area contributed by atoms with Crippen LogP contribution in [0.3, 0.4) is 0 Å². The van der Waals surface area contributed by atoms with Crippen molar-refractivity contribution < 1.29 is 18.5 Å². The monoisotopic (exact) mass is 336 g/mol. The minimum Gasteiger partial charge on any atom is -0.338 e. The van der Waals surface area contributed by atoms with Gasteiger partial charge in [0.15, 0.2) is 11.6 Å². The Morgan fingerprint density at radius 3 is 2.47 bits per heavy atom. The molecule has 0 saturated heterocycles. The highest BCUT2D eigenvalue weighted by molar-refractivity contribution is 9.09. The molecule has 0 unspecified atom stereocenters. The van der Waals surface area contributed by atoms with Crippen LogP contribution in [0.15, 0.2) is 12.1 Å². The lowest BCUT2D eigenvalue weighted by Crippen LogP contribution is -2.33. The van der Waals surface area contributed by atoms with Crippen molar-refractivity contribution in [1.29, 1.82) is 0 Å². The van der Waals surface area contributed by atoms with Gasteiger partial charge >= 0.3 is 0 Å². The van der Waals surface area contributed by atoms with Crippen LogP contribution in [0.4, 0.5) is 14.5 Å². The average molecular weight is 337 g/mol. The normalized spacial score (nSPS) is 10.3. The largest absolute Gasteiger partial charge is 0.338 e. The third-order valence-corrected chi connectivity index (χ3v) is 2.84. The van der Waals surface area contributed by atoms with Crippen LogP contribution < -0.4 is 0 Å². The predicted octanol–water partition coefficient (Wildman–Crippen LogP) is 2.73. The fourth-order valence-electron chi connectivity index (χ4n) is 1.53. The summed E-state index contributed by atoms with van der Waals surface area (Å²) in [5.41, 5.74) is -1.19. The van der Waals surface area contributed by atoms with E-state index in [2.05, 4.69) is 15.9 Å². The molecule has 0 N–H and O–H groups in total. The van der Waals surface area contributed by atoms with Crippen LogP contribution in [-0.4, -0.2) is 34.2 Å². The number of nitro benzene ring substituents is 1. The van der Waals surface area contributed by atoms with E-state index in [0.717, 1.165) is 0 Å². The maximum absolute atomic E-state index is 13.2. The number of hydrogen-bond acceptors (Lipinski definition) is 3. The zero-order valence-electron chi connectivity index (χ0n) is 10.0. The van der Waals surface area contributed by atoms with Gasteiger partial charge < -0.3 is 4.90 Å². The molecule has 0 heterocycles. The van der Waals surface area contributed by atoms with E-state index in [-0.39, 0.29) is 0 Å². The second-order valence-corrected chi connectivity index (χ2v) is 4.41. The van der Waals surface area contributed by atoms with Gasteiger partial charge in [-0.25, -0.2) is 8.78 Å². The Bertz CT molecular complexity index is 511. The number of carbonyl (C=O) groups excluding carboxylic acids is 1. The van der Waals surface area contributed by atoms with E-state index in [1.807, 2.05) is 0 Å². The topological polar surface area (TPSA) is 63.5 Å². The standard InChI is InChI=1S/C11H11BrF2N2O3/c1-2-15(4-3-12)11(17)7-5-8(13)9(14)6-10(7)16(18)19/h5-6H,2-4H2,1H3. The van der Waals surface area contributed by atoms with E-state index in [1.165, 1.54) is 4.90 Å². The van der Waals surface area contributed by atoms with E-state index < -0.39 is 33.7 Å². The first-order chi connectivity index (χ1) is 8.92. The molecule has 0 fully saturated rings. The Hall–Kier alpha value is -1.57. The number of benzene rings is 1. The minimum absolute atomic E-state index is 0.306. The van der Waals surface area contributed by atoms with Crippen LogP contribution >= 0.6 is 15.9 Å². The molecule has 0 aliphatic rings. The first kappa shape index (κ1) is 15.5. The lowest BCUT2D eigenvalue weighted by atomic mass is 10.1. The summed E-state index contributed by atoms with van der Waals surface area (Å²) in [7, 11) is 0. The molecule has 0 radical (unpaired) electrons. The Morgan fingerprint density at radius 2 is 2.00 bits per heavy atom. The zero-order valence-corrected chi connectivity index (χ0v) is 11.6. The number of nitrogens with zero attached hydrogens (tertiary/aromatic N) is 2. The first-order valence-corrected chi connectivity index (χ1v) is 6.53. The van der Waals surface area contributed by atoms with Gasteiger partial charge in [0.2, 0.25) is 0 Å². The molecular formula is C11H11BrF2N2O3. The van der Waals surface area contributed by atoms with E-state index >= 15 is 0 Å². The summed E-state index contributed by atoms with van der Waals surface area (Å²) in [5, 5.41) is 11.3. The Labute approximate surface area is 116 Å². The molecule has 0 atom stereocenters. The number of nitro groups is 1. The van der Waals surface area contributed by atoms with Crippen molar-refractivity contribution in [2.75, 3.05) is 18.4 Å². The number of halogens is 3. The first-order valence-electron chi connectivity index (χ1n) is 5.41. The molecule has 0 saturated carbocycles. The van der Waals surface area contributed by atoms with E-state index in [4.69, 9.17) is 0 Å². The fraction of sp³-hybridized carbons (Fsp3) is 0.364. The molecule has 0 aliphatic heterocycles. The van der Waals surface area contributed by atoms with Crippen LogP contribution in [0.5, 0.6) is 0 Å². The minimum atomic E-state index is -1.35. The van der Waals surface area contributed by atoms with Gasteiger partial charge in [-0.1, -0.05) is 15.9 Å². The summed E-state index contributed by atoms with van der Waals surface area (Å²) >= 11 is 3.14. The molecule has 0 bridgehead atoms. The Kier molecular flexibility index (Phi) is 5.34. The second-order valence-electron chi connectivity index (χ2n) is 3.61. The van der Waals surface area contributed by atoms with Gasteiger partial charge in [-0.3, -0.25) is 14.9 Å². The Morgan fingerprint density at radius 1 is 1.42 bits per heavy atom. The van der Waals surface area contributed by atoms with Gasteiger partial charge in [0.05, 0.1) is 11.0 Å². The van der Waals surface area contributed by atoms with Crippen molar-refractivity contribution in [2.24, 2.45) is 0 Å². The number of rotatable bonds is 5. The highest BCUT2D eigenvalue weighted by Crippen LogP contribution is 2.23. The summed E-state index contributed by atoms with van der Waals surface area (Å²) in [6, 6.07) is 0.983. The van der Waals surface area contributed by atoms with Crippen molar-refractivity contribution in [3.8, 4) is 0 Å². The number of alkyl halides is 1. The summed E-state index contributed by atoms with van der Waals surface area (Å²) in [6.45, 7) is 2.30. The fourth-order valence-corrected chi connectivity index (χ4v) is 1.96. The third kappa shape index (κ3) is 3.46. The highest BCUT2D eigenvalue weighted by atomic mass is 79.9. The molecule has 104 valence electrons. The predicted molar refractivity (Wildman–Crippen MR) is 68.4 cm³/mol. The molecule has 1 aromatic rings. The van der Waals surface area contributed by atoms with E-state index in [9.17, 15) is 23.7 Å². The molecule has 0 aromatic heterocycles. The van der Waals surface area contributed by atoms with Crippen LogP contribution in [0.1, 0.15) is 17.3 Å². The van der Waals surface area contributed by atoms with Crippen molar-refractivity contribution in [1.82, 2.24) is 4.90 Å². The maximum atomic E-state index is 13.2. The lowest BCUT2D eigenvalue weighted by Gasteiger charge is -2.19. The molecule has 0 spiro atoms. The van der Waals surface area contributed by atoms with Gasteiger partial charge in [0.1, 0.15) is 5.56 Å². The van der Waals surface area contributed by atoms with Crippen molar-refractivity contribution in [2.45, 2.75) is 6.92 Å². The van der Waals surface area contributed by atoms with Gasteiger partial charge in [-0.05, 0) is 13.0 Å². The van der Waals surface area contributed by atoms with Crippen molar-refractivity contribution in [3.63, 3.8) is 0 Å². The summed E-state index contributed by atoms with van der Waals surface area (Å²) in [5.74, 6) is -3.34. The van der Waals surface area contributed by atoms with Crippen molar-refractivity contribution >= 4 is 27.5 Å². The van der Waals surface area contributed by atoms with Crippen LogP contribution in [-0.2, 0) is 0 Å². The van der Waals surface area contributed by atoms with E-state index in [0.29, 0.717) is 30.6 Å². The maximum Gasteiger partial charge on any atom is 0.285 e. The quantitative estimate of drug-likeness (QED) is 0.471. The summed E-state index contributed by atoms with van der Waals surface area (Å²) < 4.78 is 26.2. The molecular weight excluding hydrogens is 326 g/mol. The number of carbonyl (C=O) groups is 1. The van der Waals surface area contributed by atoms with Gasteiger partial charge in [0.25, 0.3) is 11.6 Å². The molecule has 1 aromatic carbocycles. The van der Waals surface area contributed by atoms with Crippen LogP contribution in [0, 0.1) is 21.7 Å². The van der Waals surface area contributed by atoms with Gasteiger partial charge in [-0.15, -0.1) is 0 Å². The third-order valence-electron chi connectivity index (χ3n) is 2.49. The Balaban J connectivity index is 3.28. The average Bonchev–Trinajstić information content (AvgIpc) is 2.37. The number of amides is 1. The van der Waals surface area contributed by atoms with Crippen molar-refractivity contribution in [3.05, 3.63) is 39.4 Å². The highest BCUT2D eigenvalue weighted by Gasteiger charge is 2.26. The molecule has 0 aliphatic carbocycles. The summed E-state index contributed by atoms with van der Waals surface area (Å²) in [6.07, 6.45) is 0. The zero-order chi connectivity index (χ0) is 14.6. The lowest BCUT2D eigenvalue weighted by molar-refractivity contribution is -0.385. The number of hydrogen-bond donors (Lipinski definition) is 0. The van der Waals surface area contributed by atoms with E-state index in [1.54, 1.807) is 6.92 Å². The molecule has 19 heavy (non-hydrogen) atoms. The molecule has 5 nitrogen and oxygen atoms in total. The molecule has 1 rings (SSSR count). The van der Waals surface area contributed by atoms with Gasteiger partial charge in [-0.2, -0.15) is 0 Å². The van der Waals surface area contributed by atoms with Gasteiger partial charge in [0, 0.05) is 18.4 Å². The van der Waals surface area contributed by atoms with Crippen LogP contribution in [0.2, 0.25) is 0 Å². The smallest absolute Gasteiger partial charge is 0.285 e. The second kappa shape index (κ2) is 6.55. The van der Waals surface area contributed by atoms with Crippen LogP contribution in [0.25, 0.3) is 0 Å². The molecule has 1 amide bonds.